The minimum atomic E-state index is 0.0138. The van der Waals surface area contributed by atoms with Crippen LogP contribution in [0.5, 0.6) is 0 Å². The van der Waals surface area contributed by atoms with Crippen molar-refractivity contribution >= 4 is 28.4 Å². The van der Waals surface area contributed by atoms with Crippen LogP contribution >= 0.6 is 11.6 Å². The lowest BCUT2D eigenvalue weighted by Crippen LogP contribution is -2.33. The van der Waals surface area contributed by atoms with Crippen LogP contribution in [-0.2, 0) is 7.05 Å². The van der Waals surface area contributed by atoms with E-state index in [0.29, 0.717) is 5.16 Å². The molecule has 0 saturated heterocycles. The first-order valence-electron chi connectivity index (χ1n) is 7.51. The number of para-hydroxylation sites is 3. The molecule has 1 aromatic heterocycles. The van der Waals surface area contributed by atoms with Gasteiger partial charge >= 0.3 is 5.89 Å². The second-order valence-corrected chi connectivity index (χ2v) is 5.92. The molecule has 1 atom stereocenters. The standard InChI is InChI=1S/C19H16ClN2O/c1-21-16-9-5-6-10-17(16)23-19(21)14-11-12-22(18(20)13-14)15-7-3-2-4-8-15/h2-14H,1H3/q+1. The van der Waals surface area contributed by atoms with Gasteiger partial charge in [0.1, 0.15) is 18.1 Å². The van der Waals surface area contributed by atoms with E-state index in [0.717, 1.165) is 22.7 Å². The van der Waals surface area contributed by atoms with E-state index in [9.17, 15) is 0 Å². The maximum absolute atomic E-state index is 6.50. The van der Waals surface area contributed by atoms with Crippen LogP contribution in [-0.4, -0.2) is 0 Å². The molecular formula is C19H16ClN2O+. The minimum Gasteiger partial charge on any atom is -0.401 e. The Morgan fingerprint density at radius 3 is 2.52 bits per heavy atom. The van der Waals surface area contributed by atoms with Gasteiger partial charge in [0.2, 0.25) is 5.58 Å². The molecule has 1 aliphatic rings. The lowest BCUT2D eigenvalue weighted by atomic mass is 10.1. The van der Waals surface area contributed by atoms with Crippen LogP contribution in [0.1, 0.15) is 11.8 Å². The highest BCUT2D eigenvalue weighted by molar-refractivity contribution is 6.31. The third-order valence-electron chi connectivity index (χ3n) is 4.08. The third-order valence-corrected chi connectivity index (χ3v) is 4.39. The van der Waals surface area contributed by atoms with Gasteiger partial charge in [-0.05, 0) is 30.4 Å². The number of hydrogen-bond donors (Lipinski definition) is 0. The van der Waals surface area contributed by atoms with Gasteiger partial charge in [0.15, 0.2) is 0 Å². The summed E-state index contributed by atoms with van der Waals surface area (Å²) in [5.74, 6) is 0.883. The summed E-state index contributed by atoms with van der Waals surface area (Å²) >= 11 is 6.50. The van der Waals surface area contributed by atoms with Crippen LogP contribution in [0.25, 0.3) is 11.1 Å². The summed E-state index contributed by atoms with van der Waals surface area (Å²) < 4.78 is 8.09. The summed E-state index contributed by atoms with van der Waals surface area (Å²) in [5.41, 5.74) is 3.00. The fourth-order valence-corrected chi connectivity index (χ4v) is 3.19. The number of aromatic nitrogens is 1. The SMILES string of the molecule is C[n+]1c(C2C=CN(c3ccccc3)C(Cl)=C2)oc2ccccc21. The molecule has 0 radical (unpaired) electrons. The van der Waals surface area contributed by atoms with E-state index in [1.165, 1.54) is 0 Å². The molecule has 23 heavy (non-hydrogen) atoms. The number of benzene rings is 2. The van der Waals surface area contributed by atoms with Gasteiger partial charge in [0.05, 0.1) is 0 Å². The number of oxazole rings is 1. The second kappa shape index (κ2) is 5.60. The number of halogens is 1. The molecule has 0 amide bonds. The predicted molar refractivity (Wildman–Crippen MR) is 92.1 cm³/mol. The lowest BCUT2D eigenvalue weighted by Gasteiger charge is -2.23. The molecule has 0 N–H and O–H groups in total. The van der Waals surface area contributed by atoms with Crippen molar-refractivity contribution in [3.05, 3.63) is 84.0 Å². The molecule has 2 aromatic carbocycles. The Morgan fingerprint density at radius 2 is 1.78 bits per heavy atom. The highest BCUT2D eigenvalue weighted by Crippen LogP contribution is 2.31. The molecule has 0 aliphatic carbocycles. The Hall–Kier alpha value is -2.52. The van der Waals surface area contributed by atoms with E-state index in [-0.39, 0.29) is 5.92 Å². The van der Waals surface area contributed by atoms with Crippen LogP contribution in [0.4, 0.5) is 5.69 Å². The molecule has 3 aromatic rings. The molecule has 1 aliphatic heterocycles. The Morgan fingerprint density at radius 1 is 1.04 bits per heavy atom. The zero-order valence-corrected chi connectivity index (χ0v) is 13.4. The van der Waals surface area contributed by atoms with Gasteiger partial charge < -0.3 is 9.32 Å². The fraction of sp³-hybridized carbons (Fsp3) is 0.105. The van der Waals surface area contributed by atoms with Crippen molar-refractivity contribution in [2.24, 2.45) is 7.05 Å². The number of allylic oxidation sites excluding steroid dienone is 2. The van der Waals surface area contributed by atoms with Crippen molar-refractivity contribution in [1.82, 2.24) is 0 Å². The zero-order valence-electron chi connectivity index (χ0n) is 12.7. The van der Waals surface area contributed by atoms with Gasteiger partial charge in [0.25, 0.3) is 5.52 Å². The van der Waals surface area contributed by atoms with Crippen LogP contribution < -0.4 is 9.47 Å². The summed E-state index contributed by atoms with van der Waals surface area (Å²) in [6.45, 7) is 0. The summed E-state index contributed by atoms with van der Waals surface area (Å²) in [7, 11) is 2.01. The highest BCUT2D eigenvalue weighted by Gasteiger charge is 2.28. The van der Waals surface area contributed by atoms with Crippen molar-refractivity contribution in [2.45, 2.75) is 5.92 Å². The number of nitrogens with zero attached hydrogens (tertiary/aromatic N) is 2. The van der Waals surface area contributed by atoms with Crippen LogP contribution in [0, 0.1) is 0 Å². The Kier molecular flexibility index (Phi) is 3.43. The van der Waals surface area contributed by atoms with Crippen molar-refractivity contribution in [3.63, 3.8) is 0 Å². The van der Waals surface area contributed by atoms with Gasteiger partial charge in [-0.25, -0.2) is 0 Å². The average Bonchev–Trinajstić information content (AvgIpc) is 2.93. The first-order chi connectivity index (χ1) is 11.2. The van der Waals surface area contributed by atoms with E-state index in [1.807, 2.05) is 72.8 Å². The molecule has 1 unspecified atom stereocenters. The average molecular weight is 324 g/mol. The zero-order chi connectivity index (χ0) is 15.8. The predicted octanol–water partition coefficient (Wildman–Crippen LogP) is 4.46. The Balaban J connectivity index is 1.71. The second-order valence-electron chi connectivity index (χ2n) is 5.53. The molecule has 2 heterocycles. The van der Waals surface area contributed by atoms with Crippen molar-refractivity contribution < 1.29 is 8.98 Å². The van der Waals surface area contributed by atoms with Crippen LogP contribution in [0.15, 0.2) is 82.5 Å². The molecule has 4 rings (SSSR count). The van der Waals surface area contributed by atoms with E-state index in [1.54, 1.807) is 0 Å². The van der Waals surface area contributed by atoms with E-state index >= 15 is 0 Å². The first kappa shape index (κ1) is 14.1. The molecule has 4 heteroatoms. The molecule has 3 nitrogen and oxygen atoms in total. The fourth-order valence-electron chi connectivity index (χ4n) is 2.90. The van der Waals surface area contributed by atoms with Crippen LogP contribution in [0.3, 0.4) is 0 Å². The molecule has 114 valence electrons. The van der Waals surface area contributed by atoms with Crippen molar-refractivity contribution in [3.8, 4) is 0 Å². The first-order valence-corrected chi connectivity index (χ1v) is 7.89. The molecule has 0 fully saturated rings. The summed E-state index contributed by atoms with van der Waals surface area (Å²) in [5, 5.41) is 0.671. The maximum atomic E-state index is 6.50. The van der Waals surface area contributed by atoms with Gasteiger partial charge in [-0.15, -0.1) is 0 Å². The lowest BCUT2D eigenvalue weighted by molar-refractivity contribution is -0.659. The summed E-state index contributed by atoms with van der Waals surface area (Å²) in [6, 6.07) is 18.1. The summed E-state index contributed by atoms with van der Waals surface area (Å²) in [6.07, 6.45) is 6.10. The third kappa shape index (κ3) is 2.43. The topological polar surface area (TPSA) is 20.3 Å². The molecule has 0 spiro atoms. The molecule has 0 saturated carbocycles. The van der Waals surface area contributed by atoms with Crippen molar-refractivity contribution in [1.29, 1.82) is 0 Å². The van der Waals surface area contributed by atoms with Gasteiger partial charge in [-0.3, -0.25) is 0 Å². The monoisotopic (exact) mass is 323 g/mol. The number of hydrogen-bond acceptors (Lipinski definition) is 2. The highest BCUT2D eigenvalue weighted by atomic mass is 35.5. The largest absolute Gasteiger partial charge is 0.401 e. The summed E-state index contributed by atoms with van der Waals surface area (Å²) in [4.78, 5) is 1.96. The van der Waals surface area contributed by atoms with Gasteiger partial charge in [-0.2, -0.15) is 4.57 Å². The van der Waals surface area contributed by atoms with E-state index < -0.39 is 0 Å². The van der Waals surface area contributed by atoms with E-state index in [2.05, 4.69) is 16.7 Å². The number of fused-ring (bicyclic) bond motifs is 1. The normalized spacial score (nSPS) is 17.6. The number of aryl methyl sites for hydroxylation is 1. The molecule has 0 bridgehead atoms. The minimum absolute atomic E-state index is 0.0138. The Labute approximate surface area is 139 Å². The quantitative estimate of drug-likeness (QED) is 0.513. The van der Waals surface area contributed by atoms with Crippen molar-refractivity contribution in [2.75, 3.05) is 4.90 Å². The van der Waals surface area contributed by atoms with Gasteiger partial charge in [0, 0.05) is 18.0 Å². The van der Waals surface area contributed by atoms with Crippen LogP contribution in [0.2, 0.25) is 0 Å². The Bertz CT molecular complexity index is 912. The molecular weight excluding hydrogens is 308 g/mol. The smallest absolute Gasteiger partial charge is 0.359 e. The number of rotatable bonds is 2. The van der Waals surface area contributed by atoms with E-state index in [4.69, 9.17) is 16.0 Å². The maximum Gasteiger partial charge on any atom is 0.359 e. The van der Waals surface area contributed by atoms with Gasteiger partial charge in [-0.1, -0.05) is 41.9 Å². The number of anilines is 1.